The number of hydrogen-bond donors (Lipinski definition) is 0. The van der Waals surface area contributed by atoms with Gasteiger partial charge in [0.25, 0.3) is 5.91 Å². The molecule has 0 unspecified atom stereocenters. The van der Waals surface area contributed by atoms with Crippen molar-refractivity contribution in [2.45, 2.75) is 18.9 Å². The largest absolute Gasteiger partial charge is 0.444 e. The van der Waals surface area contributed by atoms with E-state index in [2.05, 4.69) is 20.8 Å². The SMILES string of the molecule is CN(C)CCN(C(=O)c1ccc(Br)o1)C1CCOCC1. The highest BCUT2D eigenvalue weighted by molar-refractivity contribution is 9.10. The normalized spacial score (nSPS) is 16.6. The molecule has 0 bridgehead atoms. The molecule has 1 amide bonds. The maximum atomic E-state index is 12.6. The van der Waals surface area contributed by atoms with Crippen molar-refractivity contribution in [3.05, 3.63) is 22.6 Å². The van der Waals surface area contributed by atoms with Gasteiger partial charge in [0.05, 0.1) is 0 Å². The van der Waals surface area contributed by atoms with Gasteiger partial charge in [-0.05, 0) is 55.0 Å². The molecule has 2 heterocycles. The van der Waals surface area contributed by atoms with Crippen molar-refractivity contribution >= 4 is 21.8 Å². The van der Waals surface area contributed by atoms with Gasteiger partial charge in [-0.2, -0.15) is 0 Å². The second kappa shape index (κ2) is 7.24. The number of halogens is 1. The molecule has 112 valence electrons. The van der Waals surface area contributed by atoms with Crippen LogP contribution in [-0.4, -0.2) is 62.1 Å². The quantitative estimate of drug-likeness (QED) is 0.821. The van der Waals surface area contributed by atoms with Crippen molar-refractivity contribution < 1.29 is 13.9 Å². The van der Waals surface area contributed by atoms with Crippen LogP contribution in [0.25, 0.3) is 0 Å². The molecule has 20 heavy (non-hydrogen) atoms. The lowest BCUT2D eigenvalue weighted by atomic mass is 10.1. The third-order valence-electron chi connectivity index (χ3n) is 3.46. The van der Waals surface area contributed by atoms with Crippen LogP contribution in [0.5, 0.6) is 0 Å². The molecule has 0 N–H and O–H groups in total. The van der Waals surface area contributed by atoms with Crippen molar-refractivity contribution in [2.75, 3.05) is 40.4 Å². The molecule has 0 aromatic carbocycles. The molecule has 1 fully saturated rings. The Bertz CT molecular complexity index is 441. The fraction of sp³-hybridized carbons (Fsp3) is 0.643. The molecular weight excluding hydrogens is 324 g/mol. The van der Waals surface area contributed by atoms with Gasteiger partial charge < -0.3 is 19.0 Å². The number of hydrogen-bond acceptors (Lipinski definition) is 4. The minimum atomic E-state index is -0.0375. The minimum Gasteiger partial charge on any atom is -0.444 e. The lowest BCUT2D eigenvalue weighted by Gasteiger charge is -2.34. The predicted molar refractivity (Wildman–Crippen MR) is 79.8 cm³/mol. The summed E-state index contributed by atoms with van der Waals surface area (Å²) in [4.78, 5) is 16.6. The third-order valence-corrected chi connectivity index (χ3v) is 3.89. The molecule has 0 radical (unpaired) electrons. The maximum absolute atomic E-state index is 12.6. The Hall–Kier alpha value is -0.850. The summed E-state index contributed by atoms with van der Waals surface area (Å²) in [5.41, 5.74) is 0. The van der Waals surface area contributed by atoms with Crippen LogP contribution in [0.15, 0.2) is 21.2 Å². The number of amides is 1. The Morgan fingerprint density at radius 2 is 2.00 bits per heavy atom. The number of likely N-dealkylation sites (N-methyl/N-ethyl adjacent to an activating group) is 1. The van der Waals surface area contributed by atoms with E-state index in [4.69, 9.17) is 9.15 Å². The molecule has 1 aliphatic heterocycles. The van der Waals surface area contributed by atoms with E-state index in [-0.39, 0.29) is 11.9 Å². The smallest absolute Gasteiger partial charge is 0.289 e. The van der Waals surface area contributed by atoms with Crippen LogP contribution < -0.4 is 0 Å². The molecular formula is C14H21BrN2O3. The van der Waals surface area contributed by atoms with E-state index in [0.29, 0.717) is 17.0 Å². The van der Waals surface area contributed by atoms with Gasteiger partial charge in [0.2, 0.25) is 0 Å². The molecule has 5 nitrogen and oxygen atoms in total. The van der Waals surface area contributed by atoms with Gasteiger partial charge in [0.1, 0.15) is 0 Å². The number of furan rings is 1. The van der Waals surface area contributed by atoms with E-state index < -0.39 is 0 Å². The average Bonchev–Trinajstić information content (AvgIpc) is 2.86. The summed E-state index contributed by atoms with van der Waals surface area (Å²) in [7, 11) is 4.02. The first-order valence-corrected chi connectivity index (χ1v) is 7.66. The van der Waals surface area contributed by atoms with E-state index in [1.807, 2.05) is 19.0 Å². The molecule has 1 aliphatic rings. The summed E-state index contributed by atoms with van der Waals surface area (Å²) >= 11 is 3.24. The molecule has 0 spiro atoms. The van der Waals surface area contributed by atoms with Crippen molar-refractivity contribution in [2.24, 2.45) is 0 Å². The third kappa shape index (κ3) is 4.07. The van der Waals surface area contributed by atoms with E-state index in [0.717, 1.165) is 32.6 Å². The molecule has 2 rings (SSSR count). The van der Waals surface area contributed by atoms with E-state index in [9.17, 15) is 4.79 Å². The zero-order chi connectivity index (χ0) is 14.5. The number of carbonyl (C=O) groups excluding carboxylic acids is 1. The van der Waals surface area contributed by atoms with E-state index >= 15 is 0 Å². The number of rotatable bonds is 5. The molecule has 6 heteroatoms. The summed E-state index contributed by atoms with van der Waals surface area (Å²) in [6.07, 6.45) is 1.78. The van der Waals surface area contributed by atoms with Crippen molar-refractivity contribution in [1.29, 1.82) is 0 Å². The van der Waals surface area contributed by atoms with Crippen LogP contribution in [0.4, 0.5) is 0 Å². The first-order chi connectivity index (χ1) is 9.58. The topological polar surface area (TPSA) is 45.9 Å². The summed E-state index contributed by atoms with van der Waals surface area (Å²) in [5.74, 6) is 0.353. The number of nitrogens with zero attached hydrogens (tertiary/aromatic N) is 2. The van der Waals surface area contributed by atoms with Crippen LogP contribution in [0.2, 0.25) is 0 Å². The molecule has 0 atom stereocenters. The van der Waals surface area contributed by atoms with Crippen LogP contribution in [-0.2, 0) is 4.74 Å². The number of carbonyl (C=O) groups is 1. The van der Waals surface area contributed by atoms with E-state index in [1.54, 1.807) is 12.1 Å². The van der Waals surface area contributed by atoms with Crippen molar-refractivity contribution in [3.8, 4) is 0 Å². The fourth-order valence-electron chi connectivity index (χ4n) is 2.33. The monoisotopic (exact) mass is 344 g/mol. The second-order valence-corrected chi connectivity index (χ2v) is 6.03. The molecule has 1 saturated heterocycles. The first-order valence-electron chi connectivity index (χ1n) is 6.86. The van der Waals surface area contributed by atoms with Gasteiger partial charge in [-0.1, -0.05) is 0 Å². The summed E-state index contributed by atoms with van der Waals surface area (Å²) in [5, 5.41) is 0. The Labute approximate surface area is 128 Å². The predicted octanol–water partition coefficient (Wildman–Crippen LogP) is 2.22. The highest BCUT2D eigenvalue weighted by Gasteiger charge is 2.28. The van der Waals surface area contributed by atoms with Gasteiger partial charge in [-0.3, -0.25) is 4.79 Å². The Morgan fingerprint density at radius 1 is 1.30 bits per heavy atom. The summed E-state index contributed by atoms with van der Waals surface area (Å²) in [6.45, 7) is 2.98. The Balaban J connectivity index is 2.09. The highest BCUT2D eigenvalue weighted by Crippen LogP contribution is 2.20. The maximum Gasteiger partial charge on any atom is 0.289 e. The van der Waals surface area contributed by atoms with Crippen molar-refractivity contribution in [1.82, 2.24) is 9.80 Å². The van der Waals surface area contributed by atoms with Gasteiger partial charge in [0, 0.05) is 32.3 Å². The summed E-state index contributed by atoms with van der Waals surface area (Å²) < 4.78 is 11.4. The molecule has 0 saturated carbocycles. The molecule has 0 aliphatic carbocycles. The number of ether oxygens (including phenoxy) is 1. The lowest BCUT2D eigenvalue weighted by molar-refractivity contribution is 0.0258. The Kier molecular flexibility index (Phi) is 5.63. The van der Waals surface area contributed by atoms with Crippen LogP contribution in [0, 0.1) is 0 Å². The zero-order valence-electron chi connectivity index (χ0n) is 12.0. The molecule has 1 aromatic rings. The first kappa shape index (κ1) is 15.5. The van der Waals surface area contributed by atoms with E-state index in [1.165, 1.54) is 0 Å². The van der Waals surface area contributed by atoms with Crippen molar-refractivity contribution in [3.63, 3.8) is 0 Å². The van der Waals surface area contributed by atoms with Crippen LogP contribution in [0.1, 0.15) is 23.4 Å². The standard InChI is InChI=1S/C14H21BrN2O3/c1-16(2)7-8-17(11-5-9-19-10-6-11)14(18)12-3-4-13(15)20-12/h3-4,11H,5-10H2,1-2H3. The van der Waals surface area contributed by atoms with Gasteiger partial charge in [-0.15, -0.1) is 0 Å². The lowest BCUT2D eigenvalue weighted by Crippen LogP contribution is -2.46. The molecule has 1 aromatic heterocycles. The highest BCUT2D eigenvalue weighted by atomic mass is 79.9. The van der Waals surface area contributed by atoms with Gasteiger partial charge >= 0.3 is 0 Å². The average molecular weight is 345 g/mol. The van der Waals surface area contributed by atoms with Gasteiger partial charge in [0.15, 0.2) is 10.4 Å². The summed E-state index contributed by atoms with van der Waals surface area (Å²) in [6, 6.07) is 3.70. The van der Waals surface area contributed by atoms with Crippen LogP contribution in [0.3, 0.4) is 0 Å². The van der Waals surface area contributed by atoms with Crippen LogP contribution >= 0.6 is 15.9 Å². The Morgan fingerprint density at radius 3 is 2.55 bits per heavy atom. The zero-order valence-corrected chi connectivity index (χ0v) is 13.6. The fourth-order valence-corrected chi connectivity index (χ4v) is 2.63. The second-order valence-electron chi connectivity index (χ2n) is 5.25. The minimum absolute atomic E-state index is 0.0375. The van der Waals surface area contributed by atoms with Gasteiger partial charge in [-0.25, -0.2) is 0 Å².